The van der Waals surface area contributed by atoms with Crippen molar-refractivity contribution in [3.05, 3.63) is 23.2 Å². The maximum Gasteiger partial charge on any atom is 0.256 e. The second-order valence-electron chi connectivity index (χ2n) is 5.72. The molecule has 0 saturated carbocycles. The number of carbonyl (C=O) groups excluding carboxylic acids is 1. The van der Waals surface area contributed by atoms with Crippen LogP contribution in [0.2, 0.25) is 5.02 Å². The van der Waals surface area contributed by atoms with Gasteiger partial charge in [-0.1, -0.05) is 38.3 Å². The molecule has 1 amide bonds. The maximum atomic E-state index is 12.7. The van der Waals surface area contributed by atoms with E-state index in [9.17, 15) is 4.79 Å². The number of ether oxygens (including phenoxy) is 2. The van der Waals surface area contributed by atoms with E-state index in [-0.39, 0.29) is 5.91 Å². The molecule has 1 rings (SSSR count). The molecule has 1 aromatic rings. The number of amides is 1. The van der Waals surface area contributed by atoms with Crippen LogP contribution in [0.3, 0.4) is 0 Å². The van der Waals surface area contributed by atoms with Crippen molar-refractivity contribution >= 4 is 23.2 Å². The molecule has 0 aliphatic rings. The number of benzene rings is 1. The van der Waals surface area contributed by atoms with Crippen molar-refractivity contribution in [2.45, 2.75) is 59.0 Å². The van der Waals surface area contributed by atoms with E-state index in [1.54, 1.807) is 18.2 Å². The second kappa shape index (κ2) is 9.78. The molecule has 1 atom stereocenters. The Kier molecular flexibility index (Phi) is 8.42. The predicted octanol–water partition coefficient (Wildman–Crippen LogP) is 5.05. The number of anilines is 1. The van der Waals surface area contributed by atoms with Gasteiger partial charge < -0.3 is 14.8 Å². The molecule has 0 fully saturated rings. The minimum absolute atomic E-state index is 0.139. The van der Waals surface area contributed by atoms with Crippen molar-refractivity contribution in [3.8, 4) is 5.75 Å². The summed E-state index contributed by atoms with van der Waals surface area (Å²) in [5, 5.41) is 3.39. The van der Waals surface area contributed by atoms with Gasteiger partial charge in [-0.3, -0.25) is 4.79 Å². The fraction of sp³-hybridized carbons (Fsp3) is 0.611. The van der Waals surface area contributed by atoms with Crippen molar-refractivity contribution in [2.24, 2.45) is 0 Å². The van der Waals surface area contributed by atoms with Crippen LogP contribution < -0.4 is 10.1 Å². The molecule has 0 radical (unpaired) electrons. The average Bonchev–Trinajstić information content (AvgIpc) is 2.53. The number of rotatable bonds is 10. The lowest BCUT2D eigenvalue weighted by atomic mass is 9.97. The van der Waals surface area contributed by atoms with Crippen molar-refractivity contribution in [1.82, 2.24) is 0 Å². The molecular weight excluding hydrogens is 314 g/mol. The van der Waals surface area contributed by atoms with Gasteiger partial charge in [-0.2, -0.15) is 0 Å². The molecule has 1 N–H and O–H groups in total. The first-order valence-electron chi connectivity index (χ1n) is 8.34. The van der Waals surface area contributed by atoms with Crippen LogP contribution in [0.15, 0.2) is 18.2 Å². The van der Waals surface area contributed by atoms with Gasteiger partial charge in [0.15, 0.2) is 0 Å². The summed E-state index contributed by atoms with van der Waals surface area (Å²) < 4.78 is 11.2. The summed E-state index contributed by atoms with van der Waals surface area (Å²) in [6.07, 6.45) is 3.54. The van der Waals surface area contributed by atoms with Crippen molar-refractivity contribution in [2.75, 3.05) is 18.5 Å². The lowest BCUT2D eigenvalue weighted by Gasteiger charge is -2.28. The Morgan fingerprint density at radius 2 is 2.00 bits per heavy atom. The van der Waals surface area contributed by atoms with Crippen LogP contribution in [-0.2, 0) is 9.53 Å². The standard InChI is InChI=1S/C18H28ClNO3/c1-5-8-11-18(4,23-12-6-2)17(21)20-14-9-10-16(22-7-3)15(19)13-14/h9-10,13H,5-8,11-12H2,1-4H3,(H,20,21)/t18-/m1/s1. The Bertz CT molecular complexity index is 497. The molecule has 0 aliphatic heterocycles. The van der Waals surface area contributed by atoms with Gasteiger partial charge in [0.1, 0.15) is 11.4 Å². The molecule has 1 aromatic carbocycles. The lowest BCUT2D eigenvalue weighted by Crippen LogP contribution is -2.43. The van der Waals surface area contributed by atoms with Gasteiger partial charge in [-0.05, 0) is 44.9 Å². The molecular formula is C18H28ClNO3. The minimum atomic E-state index is -0.822. The van der Waals surface area contributed by atoms with Crippen LogP contribution in [0.4, 0.5) is 5.69 Å². The van der Waals surface area contributed by atoms with Gasteiger partial charge in [-0.15, -0.1) is 0 Å². The Morgan fingerprint density at radius 1 is 1.26 bits per heavy atom. The molecule has 0 saturated heterocycles. The molecule has 0 unspecified atom stereocenters. The van der Waals surface area contributed by atoms with Crippen molar-refractivity contribution in [3.63, 3.8) is 0 Å². The maximum absolute atomic E-state index is 12.7. The van der Waals surface area contributed by atoms with E-state index in [1.807, 2.05) is 20.8 Å². The number of nitrogens with one attached hydrogen (secondary N) is 1. The molecule has 0 spiro atoms. The highest BCUT2D eigenvalue weighted by molar-refractivity contribution is 6.32. The van der Waals surface area contributed by atoms with Gasteiger partial charge in [-0.25, -0.2) is 0 Å². The summed E-state index contributed by atoms with van der Waals surface area (Å²) in [5.41, 5.74) is -0.178. The summed E-state index contributed by atoms with van der Waals surface area (Å²) >= 11 is 6.17. The highest BCUT2D eigenvalue weighted by atomic mass is 35.5. The summed E-state index contributed by atoms with van der Waals surface area (Å²) in [7, 11) is 0. The third-order valence-corrected chi connectivity index (χ3v) is 3.90. The Balaban J connectivity index is 2.82. The first kappa shape index (κ1) is 19.8. The van der Waals surface area contributed by atoms with E-state index in [0.717, 1.165) is 19.3 Å². The smallest absolute Gasteiger partial charge is 0.256 e. The summed E-state index contributed by atoms with van der Waals surface area (Å²) in [5.74, 6) is 0.475. The van der Waals surface area contributed by atoms with Crippen LogP contribution in [0.25, 0.3) is 0 Å². The zero-order valence-electron chi connectivity index (χ0n) is 14.6. The second-order valence-corrected chi connectivity index (χ2v) is 6.12. The zero-order valence-corrected chi connectivity index (χ0v) is 15.3. The van der Waals surface area contributed by atoms with Crippen LogP contribution >= 0.6 is 11.6 Å². The van der Waals surface area contributed by atoms with Gasteiger partial charge in [0.05, 0.1) is 11.6 Å². The van der Waals surface area contributed by atoms with E-state index in [4.69, 9.17) is 21.1 Å². The number of hydrogen-bond acceptors (Lipinski definition) is 3. The molecule has 23 heavy (non-hydrogen) atoms. The van der Waals surface area contributed by atoms with Gasteiger partial charge in [0, 0.05) is 12.3 Å². The minimum Gasteiger partial charge on any atom is -0.492 e. The van der Waals surface area contributed by atoms with Gasteiger partial charge in [0.25, 0.3) is 5.91 Å². The van der Waals surface area contributed by atoms with E-state index in [0.29, 0.717) is 36.1 Å². The van der Waals surface area contributed by atoms with E-state index in [1.165, 1.54) is 0 Å². The van der Waals surface area contributed by atoms with Crippen molar-refractivity contribution in [1.29, 1.82) is 0 Å². The Morgan fingerprint density at radius 3 is 2.57 bits per heavy atom. The third kappa shape index (κ3) is 6.04. The van der Waals surface area contributed by atoms with Gasteiger partial charge >= 0.3 is 0 Å². The number of carbonyl (C=O) groups is 1. The first-order valence-corrected chi connectivity index (χ1v) is 8.72. The van der Waals surface area contributed by atoms with Crippen LogP contribution in [0.5, 0.6) is 5.75 Å². The fourth-order valence-electron chi connectivity index (χ4n) is 2.21. The SMILES string of the molecule is CCCC[C@@](C)(OCCC)C(=O)Nc1ccc(OCC)c(Cl)c1. The monoisotopic (exact) mass is 341 g/mol. The molecule has 0 bridgehead atoms. The Hall–Kier alpha value is -1.26. The van der Waals surface area contributed by atoms with Gasteiger partial charge in [0.2, 0.25) is 0 Å². The normalized spacial score (nSPS) is 13.4. The molecule has 5 heteroatoms. The molecule has 4 nitrogen and oxygen atoms in total. The summed E-state index contributed by atoms with van der Waals surface area (Å²) in [4.78, 5) is 12.7. The Labute approximate surface area is 144 Å². The highest BCUT2D eigenvalue weighted by Gasteiger charge is 2.33. The lowest BCUT2D eigenvalue weighted by molar-refractivity contribution is -0.140. The van der Waals surface area contributed by atoms with Crippen LogP contribution in [0, 0.1) is 0 Å². The number of hydrogen-bond donors (Lipinski definition) is 1. The fourth-order valence-corrected chi connectivity index (χ4v) is 2.44. The first-order chi connectivity index (χ1) is 11.0. The van der Waals surface area contributed by atoms with Crippen LogP contribution in [-0.4, -0.2) is 24.7 Å². The number of halogens is 1. The summed E-state index contributed by atoms with van der Waals surface area (Å²) in [6.45, 7) is 9.00. The van der Waals surface area contributed by atoms with E-state index < -0.39 is 5.60 Å². The third-order valence-electron chi connectivity index (χ3n) is 3.60. The summed E-state index contributed by atoms with van der Waals surface area (Å²) in [6, 6.07) is 5.25. The zero-order chi connectivity index (χ0) is 17.3. The van der Waals surface area contributed by atoms with Crippen molar-refractivity contribution < 1.29 is 14.3 Å². The quantitative estimate of drug-likeness (QED) is 0.647. The number of unbranched alkanes of at least 4 members (excludes halogenated alkanes) is 1. The predicted molar refractivity (Wildman–Crippen MR) is 95.4 cm³/mol. The molecule has 0 aliphatic carbocycles. The molecule has 130 valence electrons. The van der Waals surface area contributed by atoms with E-state index in [2.05, 4.69) is 12.2 Å². The molecule has 0 heterocycles. The van der Waals surface area contributed by atoms with Crippen LogP contribution in [0.1, 0.15) is 53.4 Å². The highest BCUT2D eigenvalue weighted by Crippen LogP contribution is 2.29. The molecule has 0 aromatic heterocycles. The topological polar surface area (TPSA) is 47.6 Å². The largest absolute Gasteiger partial charge is 0.492 e. The van der Waals surface area contributed by atoms with E-state index >= 15 is 0 Å². The average molecular weight is 342 g/mol.